The molecule has 2 amide bonds. The van der Waals surface area contributed by atoms with E-state index in [1.807, 2.05) is 31.2 Å². The molecule has 142 valence electrons. The lowest BCUT2D eigenvalue weighted by Gasteiger charge is -2.35. The first-order valence-corrected chi connectivity index (χ1v) is 9.40. The Balaban J connectivity index is 1.53. The van der Waals surface area contributed by atoms with Gasteiger partial charge in [0.25, 0.3) is 5.91 Å². The maximum atomic E-state index is 14.0. The van der Waals surface area contributed by atoms with Crippen molar-refractivity contribution in [3.8, 4) is 0 Å². The van der Waals surface area contributed by atoms with Crippen molar-refractivity contribution in [2.45, 2.75) is 19.8 Å². The van der Waals surface area contributed by atoms with E-state index in [0.29, 0.717) is 39.0 Å². The summed E-state index contributed by atoms with van der Waals surface area (Å²) in [6.45, 7) is 3.68. The average molecular weight is 389 g/mol. The number of benzene rings is 2. The van der Waals surface area contributed by atoms with E-state index in [-0.39, 0.29) is 16.5 Å². The number of carbonyl (C=O) groups excluding carboxylic acids is 2. The molecule has 0 bridgehead atoms. The summed E-state index contributed by atoms with van der Waals surface area (Å²) in [5.41, 5.74) is 2.23. The molecule has 0 saturated carbocycles. The van der Waals surface area contributed by atoms with Crippen LogP contribution in [0.5, 0.6) is 0 Å². The van der Waals surface area contributed by atoms with Gasteiger partial charge in [0.05, 0.1) is 10.6 Å². The van der Waals surface area contributed by atoms with Crippen molar-refractivity contribution in [3.05, 3.63) is 70.0 Å². The summed E-state index contributed by atoms with van der Waals surface area (Å²) >= 11 is 5.98. The second-order valence-corrected chi connectivity index (χ2v) is 7.16. The maximum Gasteiger partial charge on any atom is 0.258 e. The van der Waals surface area contributed by atoms with E-state index < -0.39 is 11.7 Å². The standard InChI is InChI=1S/C21H22ClFN2O2/c1-15-5-7-16(8-6-15)9-10-19(26)24-11-13-25(14-12-24)21(27)20-17(22)3-2-4-18(20)23/h2-8H,9-14H2,1H3. The van der Waals surface area contributed by atoms with E-state index in [1.54, 1.807) is 9.80 Å². The zero-order chi connectivity index (χ0) is 19.4. The largest absolute Gasteiger partial charge is 0.339 e. The highest BCUT2D eigenvalue weighted by Gasteiger charge is 2.27. The molecule has 1 aliphatic rings. The van der Waals surface area contributed by atoms with Crippen LogP contribution in [0.15, 0.2) is 42.5 Å². The fourth-order valence-electron chi connectivity index (χ4n) is 3.18. The van der Waals surface area contributed by atoms with Gasteiger partial charge in [0, 0.05) is 32.6 Å². The van der Waals surface area contributed by atoms with Crippen molar-refractivity contribution in [2.24, 2.45) is 0 Å². The SMILES string of the molecule is Cc1ccc(CCC(=O)N2CCN(C(=O)c3c(F)cccc3Cl)CC2)cc1. The Hall–Kier alpha value is -2.40. The molecule has 3 rings (SSSR count). The molecule has 0 unspecified atom stereocenters. The minimum absolute atomic E-state index is 0.0756. The lowest BCUT2D eigenvalue weighted by Crippen LogP contribution is -2.50. The van der Waals surface area contributed by atoms with Gasteiger partial charge in [-0.1, -0.05) is 47.5 Å². The number of nitrogens with zero attached hydrogens (tertiary/aromatic N) is 2. The second-order valence-electron chi connectivity index (χ2n) is 6.76. The third-order valence-electron chi connectivity index (χ3n) is 4.84. The van der Waals surface area contributed by atoms with Gasteiger partial charge in [-0.05, 0) is 31.0 Å². The quantitative estimate of drug-likeness (QED) is 0.801. The highest BCUT2D eigenvalue weighted by molar-refractivity contribution is 6.33. The summed E-state index contributed by atoms with van der Waals surface area (Å²) < 4.78 is 14.0. The van der Waals surface area contributed by atoms with Crippen molar-refractivity contribution in [2.75, 3.05) is 26.2 Å². The van der Waals surface area contributed by atoms with E-state index in [4.69, 9.17) is 11.6 Å². The van der Waals surface area contributed by atoms with E-state index in [9.17, 15) is 14.0 Å². The number of hydrogen-bond donors (Lipinski definition) is 0. The molecular formula is C21H22ClFN2O2. The molecule has 0 aromatic heterocycles. The molecule has 1 saturated heterocycles. The molecule has 0 N–H and O–H groups in total. The lowest BCUT2D eigenvalue weighted by atomic mass is 10.1. The molecule has 0 spiro atoms. The van der Waals surface area contributed by atoms with Crippen molar-refractivity contribution in [1.29, 1.82) is 0 Å². The molecule has 2 aromatic carbocycles. The predicted octanol–water partition coefficient (Wildman–Crippen LogP) is 3.70. The lowest BCUT2D eigenvalue weighted by molar-refractivity contribution is -0.132. The van der Waals surface area contributed by atoms with Crippen LogP contribution in [0.1, 0.15) is 27.9 Å². The fraction of sp³-hybridized carbons (Fsp3) is 0.333. The Labute approximate surface area is 163 Å². The molecule has 27 heavy (non-hydrogen) atoms. The van der Waals surface area contributed by atoms with Gasteiger partial charge < -0.3 is 9.80 Å². The fourth-order valence-corrected chi connectivity index (χ4v) is 3.43. The molecule has 1 heterocycles. The minimum Gasteiger partial charge on any atom is -0.339 e. The van der Waals surface area contributed by atoms with Crippen molar-refractivity contribution in [1.82, 2.24) is 9.80 Å². The van der Waals surface area contributed by atoms with Gasteiger partial charge in [-0.3, -0.25) is 9.59 Å². The zero-order valence-electron chi connectivity index (χ0n) is 15.3. The second kappa shape index (κ2) is 8.53. The van der Waals surface area contributed by atoms with Crippen LogP contribution in [0.25, 0.3) is 0 Å². The minimum atomic E-state index is -0.621. The molecule has 0 radical (unpaired) electrons. The molecule has 4 nitrogen and oxygen atoms in total. The highest BCUT2D eigenvalue weighted by Crippen LogP contribution is 2.21. The van der Waals surface area contributed by atoms with Crippen LogP contribution in [0.4, 0.5) is 4.39 Å². The van der Waals surface area contributed by atoms with Crippen molar-refractivity contribution < 1.29 is 14.0 Å². The summed E-state index contributed by atoms with van der Waals surface area (Å²) in [5, 5.41) is 0.108. The number of hydrogen-bond acceptors (Lipinski definition) is 2. The molecule has 1 fully saturated rings. The molecule has 0 atom stereocenters. The molecule has 6 heteroatoms. The van der Waals surface area contributed by atoms with Crippen LogP contribution in [0.2, 0.25) is 5.02 Å². The first-order valence-electron chi connectivity index (χ1n) is 9.02. The van der Waals surface area contributed by atoms with Gasteiger partial charge in [-0.25, -0.2) is 4.39 Å². The van der Waals surface area contributed by atoms with Crippen LogP contribution < -0.4 is 0 Å². The van der Waals surface area contributed by atoms with Crippen molar-refractivity contribution >= 4 is 23.4 Å². The molecular weight excluding hydrogens is 367 g/mol. The number of piperazine rings is 1. The summed E-state index contributed by atoms with van der Waals surface area (Å²) in [5.74, 6) is -0.972. The van der Waals surface area contributed by atoms with E-state index in [2.05, 4.69) is 0 Å². The van der Waals surface area contributed by atoms with Gasteiger partial charge in [-0.2, -0.15) is 0 Å². The van der Waals surface area contributed by atoms with Gasteiger partial charge in [0.15, 0.2) is 0 Å². The number of carbonyl (C=O) groups is 2. The number of halogens is 2. The number of amides is 2. The monoisotopic (exact) mass is 388 g/mol. The van der Waals surface area contributed by atoms with E-state index in [1.165, 1.54) is 23.8 Å². The van der Waals surface area contributed by atoms with Crippen LogP contribution >= 0.6 is 11.6 Å². The highest BCUT2D eigenvalue weighted by atomic mass is 35.5. The Morgan fingerprint density at radius 1 is 1.00 bits per heavy atom. The van der Waals surface area contributed by atoms with Crippen LogP contribution in [0.3, 0.4) is 0 Å². The third kappa shape index (κ3) is 4.66. The topological polar surface area (TPSA) is 40.6 Å². The molecule has 2 aromatic rings. The summed E-state index contributed by atoms with van der Waals surface area (Å²) in [4.78, 5) is 28.3. The normalized spacial score (nSPS) is 14.3. The van der Waals surface area contributed by atoms with Gasteiger partial charge in [0.2, 0.25) is 5.91 Å². The Bertz CT molecular complexity index is 810. The number of aryl methyl sites for hydroxylation is 2. The first kappa shape index (κ1) is 19.4. The third-order valence-corrected chi connectivity index (χ3v) is 5.16. The predicted molar refractivity (Wildman–Crippen MR) is 103 cm³/mol. The Morgan fingerprint density at radius 3 is 2.26 bits per heavy atom. The maximum absolute atomic E-state index is 14.0. The van der Waals surface area contributed by atoms with Gasteiger partial charge >= 0.3 is 0 Å². The Kier molecular flexibility index (Phi) is 6.11. The molecule has 1 aliphatic heterocycles. The first-order chi connectivity index (χ1) is 13.0. The smallest absolute Gasteiger partial charge is 0.258 e. The van der Waals surface area contributed by atoms with Crippen molar-refractivity contribution in [3.63, 3.8) is 0 Å². The summed E-state index contributed by atoms with van der Waals surface area (Å²) in [7, 11) is 0. The average Bonchev–Trinajstić information content (AvgIpc) is 2.67. The van der Waals surface area contributed by atoms with Crippen LogP contribution in [0, 0.1) is 12.7 Å². The number of rotatable bonds is 4. The summed E-state index contributed by atoms with van der Waals surface area (Å²) in [6, 6.07) is 12.4. The van der Waals surface area contributed by atoms with E-state index in [0.717, 1.165) is 5.56 Å². The van der Waals surface area contributed by atoms with Gasteiger partial charge in [0.1, 0.15) is 5.82 Å². The van der Waals surface area contributed by atoms with Crippen LogP contribution in [-0.2, 0) is 11.2 Å². The Morgan fingerprint density at radius 2 is 1.63 bits per heavy atom. The van der Waals surface area contributed by atoms with E-state index >= 15 is 0 Å². The molecule has 0 aliphatic carbocycles. The zero-order valence-corrected chi connectivity index (χ0v) is 16.0. The van der Waals surface area contributed by atoms with Gasteiger partial charge in [-0.15, -0.1) is 0 Å². The summed E-state index contributed by atoms with van der Waals surface area (Å²) in [6.07, 6.45) is 1.14. The van der Waals surface area contributed by atoms with Crippen LogP contribution in [-0.4, -0.2) is 47.8 Å².